The smallest absolute Gasteiger partial charge is 0.306 e. The molecule has 1 spiro atoms. The number of hydrogen-bond acceptors (Lipinski definition) is 10. The Labute approximate surface area is 332 Å². The summed E-state index contributed by atoms with van der Waals surface area (Å²) < 4.78 is 44.6. The number of ether oxygens (including phenoxy) is 4. The van der Waals surface area contributed by atoms with E-state index in [1.807, 2.05) is 13.0 Å². The Bertz CT molecular complexity index is 2220. The molecule has 15 heteroatoms. The summed E-state index contributed by atoms with van der Waals surface area (Å²) in [4.78, 5) is 46.8. The van der Waals surface area contributed by atoms with Gasteiger partial charge < -0.3 is 23.8 Å². The number of aliphatic imine (C=N–C) groups is 1. The molecule has 2 fully saturated rings. The summed E-state index contributed by atoms with van der Waals surface area (Å²) in [6, 6.07) is 11.4. The SMILES string of the molecule is COc1nn(C)cc1C(=O)N=CS1(=O)=NC(=O)c2ccc3c(c2)N(C[C@@H]2CC[C@H]2[C@@H](OC)C[C@H]2CC(=O)O[C@@H]2[C@H](C)C1)C[C@@]1(CCCc2cc(Cl)ccc21)CO3. The molecule has 8 atom stereocenters. The third-order valence-electron chi connectivity index (χ3n) is 12.5. The fourth-order valence-corrected chi connectivity index (χ4v) is 11.7. The first-order valence-electron chi connectivity index (χ1n) is 19.4. The summed E-state index contributed by atoms with van der Waals surface area (Å²) >= 11 is 6.48. The minimum absolute atomic E-state index is 0.0603. The van der Waals surface area contributed by atoms with E-state index >= 15 is 0 Å². The standard InChI is InChI=1S/C41H48ClN5O8S/c1-24-20-56(51,23-43-39(50)31-19-46(2)44-40(31)53-4)45-38(49)26-8-12-34-33(15-26)47(21-41(22-54-34)13-5-6-25-14-29(42)9-11-32(25)41)18-27-7-10-30(27)35(52-3)16-28-17-36(48)55-37(24)28/h8-9,11-12,14-15,19,23-24,27-28,30,35,37H,5-7,10,13,16-18,20-22H2,1-4H3/t24-,27+,28+,30-,35+,37-,41+,56?/m1/s1. The molecule has 1 unspecified atom stereocenters. The Morgan fingerprint density at radius 1 is 1.14 bits per heavy atom. The van der Waals surface area contributed by atoms with Gasteiger partial charge in [-0.15, -0.1) is 5.10 Å². The molecule has 2 aromatic carbocycles. The van der Waals surface area contributed by atoms with Crippen LogP contribution in [0.15, 0.2) is 52.0 Å². The lowest BCUT2D eigenvalue weighted by Crippen LogP contribution is -2.50. The van der Waals surface area contributed by atoms with Gasteiger partial charge in [-0.05, 0) is 91.8 Å². The van der Waals surface area contributed by atoms with Crippen LogP contribution < -0.4 is 14.4 Å². The van der Waals surface area contributed by atoms with E-state index in [0.29, 0.717) is 42.8 Å². The van der Waals surface area contributed by atoms with Gasteiger partial charge in [0.25, 0.3) is 11.8 Å². The molecule has 3 aliphatic heterocycles. The van der Waals surface area contributed by atoms with Gasteiger partial charge >= 0.3 is 5.97 Å². The number of benzene rings is 2. The van der Waals surface area contributed by atoms with Gasteiger partial charge in [0.2, 0.25) is 5.88 Å². The molecule has 2 aliphatic carbocycles. The molecule has 0 radical (unpaired) electrons. The van der Waals surface area contributed by atoms with Crippen molar-refractivity contribution in [3.8, 4) is 11.6 Å². The number of hydrogen-bond donors (Lipinski definition) is 0. The Hall–Kier alpha value is -4.27. The van der Waals surface area contributed by atoms with E-state index in [1.54, 1.807) is 32.4 Å². The number of esters is 1. The Morgan fingerprint density at radius 3 is 2.75 bits per heavy atom. The Kier molecular flexibility index (Phi) is 10.5. The van der Waals surface area contributed by atoms with Gasteiger partial charge in [-0.2, -0.15) is 4.36 Å². The highest BCUT2D eigenvalue weighted by molar-refractivity contribution is 8.06. The summed E-state index contributed by atoms with van der Waals surface area (Å²) in [5.41, 5.74) is 4.20. The van der Waals surface area contributed by atoms with E-state index in [2.05, 4.69) is 31.5 Å². The van der Waals surface area contributed by atoms with Crippen molar-refractivity contribution in [3.63, 3.8) is 0 Å². The van der Waals surface area contributed by atoms with E-state index < -0.39 is 33.6 Å². The van der Waals surface area contributed by atoms with Crippen LogP contribution >= 0.6 is 11.6 Å². The van der Waals surface area contributed by atoms with Crippen LogP contribution in [0.25, 0.3) is 0 Å². The molecule has 13 nitrogen and oxygen atoms in total. The highest BCUT2D eigenvalue weighted by Crippen LogP contribution is 2.48. The van der Waals surface area contributed by atoms with Crippen molar-refractivity contribution in [1.29, 1.82) is 0 Å². The molecule has 0 N–H and O–H groups in total. The molecule has 3 aromatic rings. The van der Waals surface area contributed by atoms with Gasteiger partial charge in [-0.1, -0.05) is 24.6 Å². The molecular weight excluding hydrogens is 758 g/mol. The van der Waals surface area contributed by atoms with Crippen LogP contribution in [-0.2, 0) is 42.9 Å². The molecule has 2 bridgehead atoms. The van der Waals surface area contributed by atoms with Gasteiger partial charge in [0.15, 0.2) is 0 Å². The summed E-state index contributed by atoms with van der Waals surface area (Å²) in [6.07, 6.45) is 6.42. The molecule has 1 saturated heterocycles. The molecular formula is C41H48ClN5O8S. The van der Waals surface area contributed by atoms with Gasteiger partial charge in [-0.25, -0.2) is 9.20 Å². The maximum Gasteiger partial charge on any atom is 0.306 e. The van der Waals surface area contributed by atoms with Crippen molar-refractivity contribution in [3.05, 3.63) is 69.9 Å². The second-order valence-electron chi connectivity index (χ2n) is 16.2. The minimum Gasteiger partial charge on any atom is -0.490 e. The van der Waals surface area contributed by atoms with Crippen LogP contribution in [0.3, 0.4) is 0 Å². The maximum absolute atomic E-state index is 14.9. The Morgan fingerprint density at radius 2 is 1.98 bits per heavy atom. The summed E-state index contributed by atoms with van der Waals surface area (Å²) in [7, 11) is 1.10. The normalized spacial score (nSPS) is 31.6. The first-order chi connectivity index (χ1) is 26.9. The van der Waals surface area contributed by atoms with E-state index in [0.717, 1.165) is 43.3 Å². The number of halogens is 1. The van der Waals surface area contributed by atoms with Crippen molar-refractivity contribution >= 4 is 50.3 Å². The number of carbonyl (C=O) groups excluding carboxylic acids is 3. The number of aryl methyl sites for hydroxylation is 2. The molecule has 2 amide bonds. The molecule has 1 aromatic heterocycles. The van der Waals surface area contributed by atoms with Crippen LogP contribution in [0, 0.1) is 23.7 Å². The lowest BCUT2D eigenvalue weighted by atomic mass is 9.67. The lowest BCUT2D eigenvalue weighted by Gasteiger charge is -2.46. The zero-order chi connectivity index (χ0) is 39.4. The summed E-state index contributed by atoms with van der Waals surface area (Å²) in [6.45, 7) is 3.67. The first kappa shape index (κ1) is 38.6. The van der Waals surface area contributed by atoms with Crippen LogP contribution in [-0.4, -0.2) is 89.2 Å². The van der Waals surface area contributed by atoms with E-state index in [9.17, 15) is 18.6 Å². The molecule has 4 heterocycles. The van der Waals surface area contributed by atoms with Crippen molar-refractivity contribution in [2.45, 2.75) is 69.5 Å². The molecule has 5 aliphatic rings. The molecule has 298 valence electrons. The fraction of sp³-hybridized carbons (Fsp3) is 0.537. The highest BCUT2D eigenvalue weighted by Gasteiger charge is 2.47. The largest absolute Gasteiger partial charge is 0.490 e. The number of rotatable bonds is 4. The minimum atomic E-state index is -3.65. The van der Waals surface area contributed by atoms with E-state index in [4.69, 9.17) is 30.5 Å². The molecule has 8 rings (SSSR count). The molecule has 1 saturated carbocycles. The van der Waals surface area contributed by atoms with Gasteiger partial charge in [0.1, 0.15) is 23.0 Å². The van der Waals surface area contributed by atoms with E-state index in [-0.39, 0.29) is 58.5 Å². The quantitative estimate of drug-likeness (QED) is 0.173. The monoisotopic (exact) mass is 805 g/mol. The lowest BCUT2D eigenvalue weighted by molar-refractivity contribution is -0.143. The summed E-state index contributed by atoms with van der Waals surface area (Å²) in [5, 5.41) is 4.83. The predicted molar refractivity (Wildman–Crippen MR) is 211 cm³/mol. The Balaban J connectivity index is 1.22. The van der Waals surface area contributed by atoms with Crippen molar-refractivity contribution < 1.29 is 37.5 Å². The predicted octanol–water partition coefficient (Wildman–Crippen LogP) is 6.04. The fourth-order valence-electron chi connectivity index (χ4n) is 9.74. The van der Waals surface area contributed by atoms with Crippen LogP contribution in [0.2, 0.25) is 5.02 Å². The van der Waals surface area contributed by atoms with Crippen LogP contribution in [0.5, 0.6) is 11.6 Å². The van der Waals surface area contributed by atoms with Crippen LogP contribution in [0.1, 0.15) is 77.3 Å². The van der Waals surface area contributed by atoms with E-state index in [1.165, 1.54) is 29.1 Å². The molecule has 56 heavy (non-hydrogen) atoms. The third-order valence-corrected chi connectivity index (χ3v) is 14.7. The number of fused-ring (bicyclic) bond motifs is 5. The first-order valence-corrected chi connectivity index (χ1v) is 21.5. The average molecular weight is 806 g/mol. The number of anilines is 1. The van der Waals surface area contributed by atoms with Crippen molar-refractivity contribution in [2.75, 3.05) is 44.6 Å². The van der Waals surface area contributed by atoms with Crippen LogP contribution in [0.4, 0.5) is 5.69 Å². The third kappa shape index (κ3) is 7.35. The van der Waals surface area contributed by atoms with Crippen molar-refractivity contribution in [2.24, 2.45) is 40.1 Å². The van der Waals surface area contributed by atoms with Gasteiger partial charge in [-0.3, -0.25) is 19.1 Å². The summed E-state index contributed by atoms with van der Waals surface area (Å²) in [5.74, 6) is -1.40. The number of aromatic nitrogens is 2. The van der Waals surface area contributed by atoms with Crippen molar-refractivity contribution in [1.82, 2.24) is 9.78 Å². The number of amides is 2. The average Bonchev–Trinajstić information content (AvgIpc) is 3.69. The second-order valence-corrected chi connectivity index (χ2v) is 18.8. The zero-order valence-electron chi connectivity index (χ0n) is 32.1. The maximum atomic E-state index is 14.9. The van der Waals surface area contributed by atoms with Gasteiger partial charge in [0, 0.05) is 67.0 Å². The number of nitrogens with zero attached hydrogens (tertiary/aromatic N) is 5. The number of carbonyl (C=O) groups is 3. The zero-order valence-corrected chi connectivity index (χ0v) is 33.7. The topological polar surface area (TPSA) is 151 Å². The highest BCUT2D eigenvalue weighted by atomic mass is 35.5. The second kappa shape index (κ2) is 15.2. The number of methoxy groups -OCH3 is 2. The van der Waals surface area contributed by atoms with Gasteiger partial charge in [0.05, 0.1) is 41.7 Å².